The van der Waals surface area contributed by atoms with Crippen molar-refractivity contribution >= 4 is 17.3 Å². The number of urea groups is 1. The zero-order chi connectivity index (χ0) is 8.27. The first-order valence-corrected chi connectivity index (χ1v) is 3.87. The zero-order valence-electron chi connectivity index (χ0n) is 5.43. The monoisotopic (exact) mass is 178 g/mol. The lowest BCUT2D eigenvalue weighted by molar-refractivity contribution is 0.211. The van der Waals surface area contributed by atoms with Gasteiger partial charge in [0, 0.05) is 0 Å². The molecule has 0 radical (unpaired) electrons. The van der Waals surface area contributed by atoms with Crippen LogP contribution in [-0.4, -0.2) is 32.9 Å². The van der Waals surface area contributed by atoms with E-state index in [1.165, 1.54) is 0 Å². The number of carbonyl (C=O) groups excluding carboxylic acids is 1. The average molecular weight is 178 g/mol. The molecule has 1 unspecified atom stereocenters. The molecule has 0 aromatic heterocycles. The quantitative estimate of drug-likeness (QED) is 0.530. The van der Waals surface area contributed by atoms with E-state index in [0.29, 0.717) is 13.1 Å². The molecule has 0 saturated heterocycles. The zero-order valence-corrected chi connectivity index (χ0v) is 6.24. The van der Waals surface area contributed by atoms with Gasteiger partial charge in [-0.05, 0) is 0 Å². The van der Waals surface area contributed by atoms with E-state index in [4.69, 9.17) is 4.55 Å². The van der Waals surface area contributed by atoms with E-state index in [1.54, 1.807) is 4.72 Å². The number of carbonyl (C=O) groups is 1. The molecule has 0 aliphatic carbocycles. The Bertz CT molecular complexity index is 217. The minimum Gasteiger partial charge on any atom is -0.289 e. The summed E-state index contributed by atoms with van der Waals surface area (Å²) in [5.74, 6) is 0. The van der Waals surface area contributed by atoms with Gasteiger partial charge in [-0.15, -0.1) is 0 Å². The highest BCUT2D eigenvalue weighted by Crippen LogP contribution is 1.99. The fourth-order valence-corrected chi connectivity index (χ4v) is 0.830. The molecule has 0 saturated carbocycles. The smallest absolute Gasteiger partial charge is 0.289 e. The summed E-state index contributed by atoms with van der Waals surface area (Å²) < 4.78 is 20.0. The van der Waals surface area contributed by atoms with Crippen LogP contribution < -0.4 is 4.72 Å². The number of amides is 2. The number of hydrogen-bond acceptors (Lipinski definition) is 4. The van der Waals surface area contributed by atoms with Crippen molar-refractivity contribution in [3.8, 4) is 0 Å². The van der Waals surface area contributed by atoms with Crippen molar-refractivity contribution in [1.29, 1.82) is 0 Å². The highest BCUT2D eigenvalue weighted by molar-refractivity contribution is 7.77. The third-order valence-corrected chi connectivity index (χ3v) is 1.34. The molecule has 2 amide bonds. The Kier molecular flexibility index (Phi) is 2.49. The Morgan fingerprint density at radius 2 is 2.45 bits per heavy atom. The predicted molar refractivity (Wildman–Crippen MR) is 35.7 cm³/mol. The van der Waals surface area contributed by atoms with Gasteiger partial charge in [-0.2, -0.15) is 10.1 Å². The van der Waals surface area contributed by atoms with Crippen molar-refractivity contribution in [3.05, 3.63) is 0 Å². The van der Waals surface area contributed by atoms with Gasteiger partial charge in [0.25, 0.3) is 11.3 Å². The summed E-state index contributed by atoms with van der Waals surface area (Å²) in [6.07, 6.45) is 0. The molecule has 0 bridgehead atoms. The van der Waals surface area contributed by atoms with Crippen molar-refractivity contribution in [2.24, 2.45) is 10.3 Å². The van der Waals surface area contributed by atoms with Gasteiger partial charge in [0.05, 0.1) is 13.1 Å². The molecule has 1 aliphatic rings. The molecule has 2 N–H and O–H groups in total. The van der Waals surface area contributed by atoms with Crippen molar-refractivity contribution in [2.45, 2.75) is 0 Å². The van der Waals surface area contributed by atoms with Crippen LogP contribution in [0.2, 0.25) is 0 Å². The SMILES string of the molecule is O=C(NS(=O)O)N1CCN=N1. The van der Waals surface area contributed by atoms with Crippen LogP contribution in [0.4, 0.5) is 4.79 Å². The van der Waals surface area contributed by atoms with Gasteiger partial charge < -0.3 is 0 Å². The van der Waals surface area contributed by atoms with Crippen LogP contribution >= 0.6 is 0 Å². The van der Waals surface area contributed by atoms with E-state index in [0.717, 1.165) is 5.01 Å². The van der Waals surface area contributed by atoms with Crippen molar-refractivity contribution in [3.63, 3.8) is 0 Å². The van der Waals surface area contributed by atoms with Crippen molar-refractivity contribution in [1.82, 2.24) is 9.73 Å². The summed E-state index contributed by atoms with van der Waals surface area (Å²) in [5.41, 5.74) is 0. The maximum absolute atomic E-state index is 10.8. The molecule has 0 aromatic rings. The Balaban J connectivity index is 2.41. The Morgan fingerprint density at radius 3 is 2.91 bits per heavy atom. The van der Waals surface area contributed by atoms with Crippen LogP contribution in [0, 0.1) is 0 Å². The third-order valence-electron chi connectivity index (χ3n) is 0.992. The number of nitrogens with zero attached hydrogens (tertiary/aromatic N) is 3. The molecular weight excluding hydrogens is 172 g/mol. The highest BCUT2D eigenvalue weighted by Gasteiger charge is 2.16. The molecule has 0 aromatic carbocycles. The molecule has 1 rings (SSSR count). The molecule has 1 heterocycles. The maximum atomic E-state index is 10.8. The molecule has 1 aliphatic heterocycles. The molecule has 62 valence electrons. The van der Waals surface area contributed by atoms with Gasteiger partial charge in [-0.1, -0.05) is 5.22 Å². The topological polar surface area (TPSA) is 94.4 Å². The van der Waals surface area contributed by atoms with E-state index in [9.17, 15) is 9.00 Å². The van der Waals surface area contributed by atoms with Gasteiger partial charge in [0.15, 0.2) is 0 Å². The highest BCUT2D eigenvalue weighted by atomic mass is 32.2. The van der Waals surface area contributed by atoms with Crippen molar-refractivity contribution < 1.29 is 13.6 Å². The van der Waals surface area contributed by atoms with Crippen LogP contribution in [0.1, 0.15) is 0 Å². The van der Waals surface area contributed by atoms with E-state index in [1.807, 2.05) is 0 Å². The number of nitrogens with one attached hydrogen (secondary N) is 1. The lowest BCUT2D eigenvalue weighted by atomic mass is 10.6. The number of rotatable bonds is 1. The summed E-state index contributed by atoms with van der Waals surface area (Å²) in [4.78, 5) is 10.8. The Labute approximate surface area is 64.9 Å². The standard InChI is InChI=1S/C3H6N4O3S/c8-3(5-11(9)10)7-2-1-4-6-7/h1-2H2,(H,5,8)(H,9,10). The molecule has 1 atom stereocenters. The van der Waals surface area contributed by atoms with Gasteiger partial charge in [-0.3, -0.25) is 4.55 Å². The minimum atomic E-state index is -2.33. The van der Waals surface area contributed by atoms with Gasteiger partial charge >= 0.3 is 6.03 Å². The predicted octanol–water partition coefficient (Wildman–Crippen LogP) is -0.484. The maximum Gasteiger partial charge on any atom is 0.352 e. The largest absolute Gasteiger partial charge is 0.352 e. The summed E-state index contributed by atoms with van der Waals surface area (Å²) in [6, 6.07) is -0.716. The Morgan fingerprint density at radius 1 is 1.73 bits per heavy atom. The van der Waals surface area contributed by atoms with E-state index < -0.39 is 17.3 Å². The lowest BCUT2D eigenvalue weighted by Gasteiger charge is -2.07. The van der Waals surface area contributed by atoms with Crippen molar-refractivity contribution in [2.75, 3.05) is 13.1 Å². The Hall–Kier alpha value is -1.02. The van der Waals surface area contributed by atoms with Gasteiger partial charge in [-0.25, -0.2) is 13.7 Å². The van der Waals surface area contributed by atoms with E-state index in [-0.39, 0.29) is 0 Å². The summed E-state index contributed by atoms with van der Waals surface area (Å²) in [5, 5.41) is 7.87. The molecule has 8 heteroatoms. The molecule has 0 fully saturated rings. The minimum absolute atomic E-state index is 0.350. The molecule has 7 nitrogen and oxygen atoms in total. The van der Waals surface area contributed by atoms with Crippen LogP contribution in [-0.2, 0) is 11.3 Å². The van der Waals surface area contributed by atoms with E-state index in [2.05, 4.69) is 10.3 Å². The van der Waals surface area contributed by atoms with Crippen LogP contribution in [0.5, 0.6) is 0 Å². The first-order chi connectivity index (χ1) is 5.20. The second-order valence-corrected chi connectivity index (χ2v) is 2.44. The first-order valence-electron chi connectivity index (χ1n) is 2.76. The average Bonchev–Trinajstić information content (AvgIpc) is 2.35. The molecule has 0 spiro atoms. The fourth-order valence-electron chi connectivity index (χ4n) is 0.575. The second kappa shape index (κ2) is 3.39. The van der Waals surface area contributed by atoms with Gasteiger partial charge in [0.1, 0.15) is 0 Å². The van der Waals surface area contributed by atoms with E-state index >= 15 is 0 Å². The van der Waals surface area contributed by atoms with Crippen LogP contribution in [0.25, 0.3) is 0 Å². The second-order valence-electron chi connectivity index (χ2n) is 1.73. The molecular formula is C3H6N4O3S. The van der Waals surface area contributed by atoms with Crippen LogP contribution in [0.15, 0.2) is 10.3 Å². The normalized spacial score (nSPS) is 18.5. The summed E-state index contributed by atoms with van der Waals surface area (Å²) in [6.45, 7) is 0.786. The van der Waals surface area contributed by atoms with Gasteiger partial charge in [0.2, 0.25) is 0 Å². The summed E-state index contributed by atoms with van der Waals surface area (Å²) in [7, 11) is 0. The third kappa shape index (κ3) is 2.24. The molecule has 11 heavy (non-hydrogen) atoms. The van der Waals surface area contributed by atoms with Crippen LogP contribution in [0.3, 0.4) is 0 Å². The fraction of sp³-hybridized carbons (Fsp3) is 0.667. The summed E-state index contributed by atoms with van der Waals surface area (Å²) >= 11 is -2.33. The number of hydrogen-bond donors (Lipinski definition) is 2. The first kappa shape index (κ1) is 8.08. The lowest BCUT2D eigenvalue weighted by Crippen LogP contribution is -2.36.